The van der Waals surface area contributed by atoms with Gasteiger partial charge >= 0.3 is 5.97 Å². The fourth-order valence-electron chi connectivity index (χ4n) is 1.79. The van der Waals surface area contributed by atoms with Crippen molar-refractivity contribution in [2.45, 2.75) is 6.92 Å². The highest BCUT2D eigenvalue weighted by Crippen LogP contribution is 2.23. The van der Waals surface area contributed by atoms with E-state index in [-0.39, 0.29) is 6.61 Å². The Morgan fingerprint density at radius 1 is 1.52 bits per heavy atom. The first-order valence-corrected chi connectivity index (χ1v) is 7.68. The van der Waals surface area contributed by atoms with E-state index < -0.39 is 22.3 Å². The maximum absolute atomic E-state index is 11.5. The zero-order chi connectivity index (χ0) is 17.0. The monoisotopic (exact) mass is 351 g/mol. The van der Waals surface area contributed by atoms with Crippen LogP contribution in [-0.2, 0) is 9.53 Å². The van der Waals surface area contributed by atoms with Crippen LogP contribution in [0.4, 0.5) is 5.69 Å². The number of hydrogen-bond donors (Lipinski definition) is 1. The fourth-order valence-corrected chi connectivity index (χ4v) is 2.94. The van der Waals surface area contributed by atoms with Gasteiger partial charge in [0.05, 0.1) is 21.4 Å². The van der Waals surface area contributed by atoms with Crippen molar-refractivity contribution in [1.82, 2.24) is 4.98 Å². The quantitative estimate of drug-likeness (QED) is 0.380. The highest BCUT2D eigenvalue weighted by molar-refractivity contribution is 7.73. The third-order valence-electron chi connectivity index (χ3n) is 2.73. The number of ether oxygens (including phenoxy) is 1. The van der Waals surface area contributed by atoms with Crippen molar-refractivity contribution >= 4 is 47.4 Å². The Morgan fingerprint density at radius 3 is 2.91 bits per heavy atom. The summed E-state index contributed by atoms with van der Waals surface area (Å²) < 4.78 is 5.89. The van der Waals surface area contributed by atoms with Gasteiger partial charge in [0.25, 0.3) is 5.69 Å². The molecule has 0 atom stereocenters. The molecule has 120 valence electrons. The summed E-state index contributed by atoms with van der Waals surface area (Å²) in [6.45, 7) is 1.94. The van der Waals surface area contributed by atoms with Crippen LogP contribution in [0.1, 0.15) is 12.5 Å². The Bertz CT molecular complexity index is 929. The molecule has 0 unspecified atom stereocenters. The smallest absolute Gasteiger partial charge is 0.332 e. The number of aromatic nitrogens is 1. The number of thiazole rings is 1. The number of aromatic amines is 1. The summed E-state index contributed by atoms with van der Waals surface area (Å²) in [5.74, 6) is -1.18. The lowest BCUT2D eigenvalue weighted by molar-refractivity contribution is -0.398. The van der Waals surface area contributed by atoms with E-state index in [1.807, 2.05) is 0 Å². The largest absolute Gasteiger partial charge is 0.868 e. The third-order valence-corrected chi connectivity index (χ3v) is 3.93. The van der Waals surface area contributed by atoms with Gasteiger partial charge in [-0.3, -0.25) is 10.1 Å². The Kier molecular flexibility index (Phi) is 5.24. The van der Waals surface area contributed by atoms with Gasteiger partial charge in [0.1, 0.15) is 0 Å². The van der Waals surface area contributed by atoms with E-state index >= 15 is 0 Å². The summed E-state index contributed by atoms with van der Waals surface area (Å²) in [5.41, 5.74) is -0.0473. The van der Waals surface area contributed by atoms with Crippen LogP contribution >= 0.6 is 23.6 Å². The number of esters is 1. The van der Waals surface area contributed by atoms with Crippen LogP contribution in [0.5, 0.6) is 5.75 Å². The van der Waals surface area contributed by atoms with E-state index in [4.69, 9.17) is 17.0 Å². The Hall–Kier alpha value is -2.52. The lowest BCUT2D eigenvalue weighted by Gasteiger charge is -2.05. The number of carbonyl (C=O) groups excluding carboxylic acids is 1. The van der Waals surface area contributed by atoms with Gasteiger partial charge in [-0.15, -0.1) is 11.3 Å². The average Bonchev–Trinajstić information content (AvgIpc) is 2.80. The second-order valence-corrected chi connectivity index (χ2v) is 6.04. The minimum atomic E-state index is -0.732. The second kappa shape index (κ2) is 7.16. The van der Waals surface area contributed by atoms with Crippen molar-refractivity contribution in [3.05, 3.63) is 47.7 Å². The first-order chi connectivity index (χ1) is 10.9. The molecule has 1 heterocycles. The van der Waals surface area contributed by atoms with Crippen LogP contribution in [0.2, 0.25) is 0 Å². The van der Waals surface area contributed by atoms with Crippen molar-refractivity contribution in [2.75, 3.05) is 6.61 Å². The van der Waals surface area contributed by atoms with Crippen LogP contribution < -0.4 is 15.0 Å². The molecule has 1 N–H and O–H groups in total. The van der Waals surface area contributed by atoms with Gasteiger partial charge in [-0.1, -0.05) is 12.1 Å². The summed E-state index contributed by atoms with van der Waals surface area (Å²) in [5, 5.41) is 22.7. The van der Waals surface area contributed by atoms with E-state index in [0.717, 1.165) is 6.07 Å². The van der Waals surface area contributed by atoms with E-state index in [0.29, 0.717) is 19.4 Å². The molecule has 0 fully saturated rings. The number of hydrogen-bond acceptors (Lipinski definition) is 7. The molecule has 1 aromatic heterocycles. The molecule has 0 saturated heterocycles. The molecule has 1 aromatic carbocycles. The Balaban J connectivity index is 2.57. The highest BCUT2D eigenvalue weighted by Gasteiger charge is 2.07. The zero-order valence-electron chi connectivity index (χ0n) is 11.9. The summed E-state index contributed by atoms with van der Waals surface area (Å²) in [7, 11) is 0. The molecule has 9 heteroatoms. The minimum absolute atomic E-state index is 0.246. The lowest BCUT2D eigenvalue weighted by Crippen LogP contribution is -2.23. The number of carbonyl (C=O) groups is 1. The van der Waals surface area contributed by atoms with Crippen LogP contribution in [-0.4, -0.2) is 22.5 Å². The standard InChI is InChI=1S/C14H12N2O5S2/c1-2-21-13(18)7-9-12(23-14(22)15-9)6-8-3-4-11(17)10(5-8)16(19)20/h3-7,17H,2H2,1H3,(H,15,22)/p-1/b9-7-,12-6-. The molecule has 2 rings (SSSR count). The number of nitrogens with one attached hydrogen (secondary N) is 1. The number of nitro groups is 1. The molecule has 0 bridgehead atoms. The summed E-state index contributed by atoms with van der Waals surface area (Å²) in [6, 6.07) is 3.77. The van der Waals surface area contributed by atoms with Crippen molar-refractivity contribution in [1.29, 1.82) is 0 Å². The molecule has 7 nitrogen and oxygen atoms in total. The van der Waals surface area contributed by atoms with E-state index in [2.05, 4.69) is 4.98 Å². The summed E-state index contributed by atoms with van der Waals surface area (Å²) in [4.78, 5) is 24.5. The fraction of sp³-hybridized carbons (Fsp3) is 0.143. The topological polar surface area (TPSA) is 108 Å². The van der Waals surface area contributed by atoms with Gasteiger partial charge in [0.15, 0.2) is 3.95 Å². The van der Waals surface area contributed by atoms with E-state index in [9.17, 15) is 20.0 Å². The molecule has 0 amide bonds. The number of rotatable bonds is 4. The number of nitro benzene ring substituents is 1. The molecule has 0 spiro atoms. The Labute approximate surface area is 139 Å². The first-order valence-electron chi connectivity index (χ1n) is 6.45. The molecular formula is C14H11N2O5S2-. The molecule has 0 aliphatic heterocycles. The van der Waals surface area contributed by atoms with Gasteiger partial charge in [-0.05, 0) is 36.5 Å². The SMILES string of the molecule is CCOC(=O)/C=c1\[nH]c(=S)s\c1=C/c1ccc([O-])c([N+](=O)[O-])c1. The predicted octanol–water partition coefficient (Wildman–Crippen LogP) is 0.960. The highest BCUT2D eigenvalue weighted by atomic mass is 32.1. The average molecular weight is 351 g/mol. The summed E-state index contributed by atoms with van der Waals surface area (Å²) in [6.07, 6.45) is 2.87. The summed E-state index contributed by atoms with van der Waals surface area (Å²) >= 11 is 6.26. The molecule has 0 radical (unpaired) electrons. The van der Waals surface area contributed by atoms with Gasteiger partial charge in [-0.25, -0.2) is 4.79 Å². The van der Waals surface area contributed by atoms with Crippen molar-refractivity contribution in [3.63, 3.8) is 0 Å². The minimum Gasteiger partial charge on any atom is -0.868 e. The lowest BCUT2D eigenvalue weighted by atomic mass is 10.2. The van der Waals surface area contributed by atoms with Crippen molar-refractivity contribution < 1.29 is 19.6 Å². The van der Waals surface area contributed by atoms with Gasteiger partial charge in [0, 0.05) is 12.1 Å². The molecule has 2 aromatic rings. The molecular weight excluding hydrogens is 340 g/mol. The van der Waals surface area contributed by atoms with Crippen LogP contribution in [0.15, 0.2) is 18.2 Å². The normalized spacial score (nSPS) is 12.4. The third kappa shape index (κ3) is 4.24. The number of nitrogens with zero attached hydrogens (tertiary/aromatic N) is 1. The first kappa shape index (κ1) is 16.8. The zero-order valence-corrected chi connectivity index (χ0v) is 13.5. The molecule has 0 aliphatic rings. The Morgan fingerprint density at radius 2 is 2.26 bits per heavy atom. The molecule has 0 aliphatic carbocycles. The molecule has 0 saturated carbocycles. The number of H-pyrrole nitrogens is 1. The van der Waals surface area contributed by atoms with E-state index in [1.165, 1.54) is 29.5 Å². The number of benzene rings is 1. The van der Waals surface area contributed by atoms with Gasteiger partial charge in [0.2, 0.25) is 0 Å². The maximum Gasteiger partial charge on any atom is 0.332 e. The van der Waals surface area contributed by atoms with Crippen LogP contribution in [0.3, 0.4) is 0 Å². The second-order valence-electron chi connectivity index (χ2n) is 4.32. The molecule has 23 heavy (non-hydrogen) atoms. The van der Waals surface area contributed by atoms with Crippen molar-refractivity contribution in [3.8, 4) is 5.75 Å². The van der Waals surface area contributed by atoms with Crippen molar-refractivity contribution in [2.24, 2.45) is 0 Å². The van der Waals surface area contributed by atoms with Gasteiger partial charge < -0.3 is 14.8 Å². The maximum atomic E-state index is 11.5. The van der Waals surface area contributed by atoms with Crippen LogP contribution in [0, 0.1) is 14.1 Å². The van der Waals surface area contributed by atoms with Gasteiger partial charge in [-0.2, -0.15) is 0 Å². The van der Waals surface area contributed by atoms with Crippen LogP contribution in [0.25, 0.3) is 12.2 Å². The predicted molar refractivity (Wildman–Crippen MR) is 86.0 cm³/mol. The van der Waals surface area contributed by atoms with E-state index in [1.54, 1.807) is 13.0 Å².